The average molecular weight is 417 g/mol. The van der Waals surface area contributed by atoms with Crippen LogP contribution in [0.1, 0.15) is 36.0 Å². The van der Waals surface area contributed by atoms with Crippen molar-refractivity contribution in [2.24, 2.45) is 5.92 Å². The van der Waals surface area contributed by atoms with Crippen molar-refractivity contribution in [3.05, 3.63) is 54.1 Å². The first-order chi connectivity index (χ1) is 13.9. The van der Waals surface area contributed by atoms with Crippen LogP contribution >= 0.6 is 0 Å². The number of carbonyl (C=O) groups excluding carboxylic acids is 2. The molecule has 2 aromatic rings. The molecule has 1 aliphatic carbocycles. The van der Waals surface area contributed by atoms with Crippen LogP contribution in [0.3, 0.4) is 0 Å². The summed E-state index contributed by atoms with van der Waals surface area (Å²) >= 11 is 0. The fourth-order valence-corrected chi connectivity index (χ4v) is 4.26. The van der Waals surface area contributed by atoms with Crippen molar-refractivity contribution in [3.8, 4) is 5.75 Å². The molecule has 0 bridgehead atoms. The smallest absolute Gasteiger partial charge is 0.269 e. The lowest BCUT2D eigenvalue weighted by Gasteiger charge is -2.12. The van der Waals surface area contributed by atoms with Gasteiger partial charge in [0, 0.05) is 17.2 Å². The molecule has 1 fully saturated rings. The van der Waals surface area contributed by atoms with E-state index in [2.05, 4.69) is 15.6 Å². The van der Waals surface area contributed by atoms with Gasteiger partial charge in [0.25, 0.3) is 15.9 Å². The van der Waals surface area contributed by atoms with Crippen molar-refractivity contribution in [3.63, 3.8) is 0 Å². The Bertz CT molecular complexity index is 983. The summed E-state index contributed by atoms with van der Waals surface area (Å²) < 4.78 is 32.8. The summed E-state index contributed by atoms with van der Waals surface area (Å²) in [7, 11) is -2.37. The highest BCUT2D eigenvalue weighted by molar-refractivity contribution is 7.92. The van der Waals surface area contributed by atoms with Gasteiger partial charge in [-0.2, -0.15) is 0 Å². The molecule has 0 heterocycles. The molecule has 0 aromatic heterocycles. The highest BCUT2D eigenvalue weighted by atomic mass is 32.2. The number of hydrogen-bond acceptors (Lipinski definition) is 5. The van der Waals surface area contributed by atoms with E-state index in [0.29, 0.717) is 11.4 Å². The van der Waals surface area contributed by atoms with E-state index in [1.54, 1.807) is 24.3 Å². The summed E-state index contributed by atoms with van der Waals surface area (Å²) in [6.45, 7) is 0. The molecular formula is C20H23N3O5S. The Labute approximate surface area is 169 Å². The monoisotopic (exact) mass is 417 g/mol. The van der Waals surface area contributed by atoms with Crippen molar-refractivity contribution >= 4 is 27.5 Å². The first kappa shape index (κ1) is 20.7. The minimum absolute atomic E-state index is 0.0666. The SMILES string of the molecule is COc1ccc(NS(=O)(=O)c2cccc(C(=O)NNC(=O)C3CCCC3)c2)cc1. The van der Waals surface area contributed by atoms with Crippen molar-refractivity contribution < 1.29 is 22.7 Å². The lowest BCUT2D eigenvalue weighted by Crippen LogP contribution is -2.44. The van der Waals surface area contributed by atoms with Gasteiger partial charge >= 0.3 is 0 Å². The van der Waals surface area contributed by atoms with Crippen molar-refractivity contribution in [1.29, 1.82) is 0 Å². The molecule has 2 amide bonds. The molecule has 1 aliphatic rings. The molecule has 0 saturated heterocycles. The van der Waals surface area contributed by atoms with Crippen LogP contribution in [0.5, 0.6) is 5.75 Å². The number of methoxy groups -OCH3 is 1. The molecule has 2 aromatic carbocycles. The van der Waals surface area contributed by atoms with E-state index in [1.165, 1.54) is 31.4 Å². The summed E-state index contributed by atoms with van der Waals surface area (Å²) in [5.74, 6) is -0.291. The standard InChI is InChI=1S/C20H23N3O5S/c1-28-17-11-9-16(10-12-17)23-29(26,27)18-8-4-7-15(13-18)20(25)22-21-19(24)14-5-2-3-6-14/h4,7-14,23H,2-3,5-6H2,1H3,(H,21,24)(H,22,25). The van der Waals surface area contributed by atoms with Gasteiger partial charge in [-0.15, -0.1) is 0 Å². The Hall–Kier alpha value is -3.07. The van der Waals surface area contributed by atoms with Gasteiger partial charge in [0.05, 0.1) is 12.0 Å². The Morgan fingerprint density at radius 1 is 1.00 bits per heavy atom. The van der Waals surface area contributed by atoms with Gasteiger partial charge in [0.15, 0.2) is 0 Å². The maximum Gasteiger partial charge on any atom is 0.269 e. The summed E-state index contributed by atoms with van der Waals surface area (Å²) in [6.07, 6.45) is 3.64. The molecular weight excluding hydrogens is 394 g/mol. The number of sulfonamides is 1. The van der Waals surface area contributed by atoms with Gasteiger partial charge in [-0.25, -0.2) is 8.42 Å². The van der Waals surface area contributed by atoms with Crippen LogP contribution in [0.25, 0.3) is 0 Å². The topological polar surface area (TPSA) is 114 Å². The highest BCUT2D eigenvalue weighted by Crippen LogP contribution is 2.24. The number of nitrogens with one attached hydrogen (secondary N) is 3. The van der Waals surface area contributed by atoms with E-state index in [1.807, 2.05) is 0 Å². The number of hydrogen-bond donors (Lipinski definition) is 3. The first-order valence-corrected chi connectivity index (χ1v) is 10.7. The minimum Gasteiger partial charge on any atom is -0.497 e. The lowest BCUT2D eigenvalue weighted by atomic mass is 10.1. The zero-order chi connectivity index (χ0) is 20.9. The number of carbonyl (C=O) groups is 2. The quantitative estimate of drug-likeness (QED) is 0.625. The molecule has 1 saturated carbocycles. The van der Waals surface area contributed by atoms with Gasteiger partial charge in [0.2, 0.25) is 5.91 Å². The fraction of sp³-hybridized carbons (Fsp3) is 0.300. The second-order valence-corrected chi connectivity index (χ2v) is 8.47. The summed E-state index contributed by atoms with van der Waals surface area (Å²) in [6, 6.07) is 12.0. The Kier molecular flexibility index (Phi) is 6.38. The summed E-state index contributed by atoms with van der Waals surface area (Å²) in [4.78, 5) is 24.3. The normalized spacial score (nSPS) is 14.2. The van der Waals surface area contributed by atoms with Crippen molar-refractivity contribution in [2.75, 3.05) is 11.8 Å². The number of hydrazine groups is 1. The fourth-order valence-electron chi connectivity index (χ4n) is 3.16. The largest absolute Gasteiger partial charge is 0.497 e. The zero-order valence-electron chi connectivity index (χ0n) is 16.0. The third kappa shape index (κ3) is 5.26. The molecule has 29 heavy (non-hydrogen) atoms. The van der Waals surface area contributed by atoms with Gasteiger partial charge < -0.3 is 4.74 Å². The molecule has 0 spiro atoms. The van der Waals surface area contributed by atoms with E-state index >= 15 is 0 Å². The molecule has 9 heteroatoms. The lowest BCUT2D eigenvalue weighted by molar-refractivity contribution is -0.125. The van der Waals surface area contributed by atoms with E-state index < -0.39 is 15.9 Å². The molecule has 8 nitrogen and oxygen atoms in total. The van der Waals surface area contributed by atoms with Crippen LogP contribution in [0.4, 0.5) is 5.69 Å². The van der Waals surface area contributed by atoms with Crippen molar-refractivity contribution in [1.82, 2.24) is 10.9 Å². The number of amides is 2. The predicted octanol–water partition coefficient (Wildman–Crippen LogP) is 2.45. The van der Waals surface area contributed by atoms with E-state index in [4.69, 9.17) is 4.74 Å². The van der Waals surface area contributed by atoms with E-state index in [-0.39, 0.29) is 22.3 Å². The molecule has 0 unspecified atom stereocenters. The maximum absolute atomic E-state index is 12.6. The van der Waals surface area contributed by atoms with E-state index in [9.17, 15) is 18.0 Å². The Balaban J connectivity index is 1.66. The van der Waals surface area contributed by atoms with Crippen LogP contribution in [-0.2, 0) is 14.8 Å². The third-order valence-corrected chi connectivity index (χ3v) is 6.15. The Morgan fingerprint density at radius 3 is 2.34 bits per heavy atom. The van der Waals surface area contributed by atoms with E-state index in [0.717, 1.165) is 25.7 Å². The van der Waals surface area contributed by atoms with Gasteiger partial charge in [0.1, 0.15) is 5.75 Å². The molecule has 3 rings (SSSR count). The molecule has 154 valence electrons. The second kappa shape index (κ2) is 8.95. The summed E-state index contributed by atoms with van der Waals surface area (Å²) in [5.41, 5.74) is 5.25. The number of anilines is 1. The summed E-state index contributed by atoms with van der Waals surface area (Å²) in [5, 5.41) is 0. The number of ether oxygens (including phenoxy) is 1. The Morgan fingerprint density at radius 2 is 1.69 bits per heavy atom. The van der Waals surface area contributed by atoms with Crippen LogP contribution in [-0.4, -0.2) is 27.3 Å². The third-order valence-electron chi connectivity index (χ3n) is 4.77. The van der Waals surface area contributed by atoms with Crippen LogP contribution in [0.2, 0.25) is 0 Å². The molecule has 3 N–H and O–H groups in total. The average Bonchev–Trinajstić information content (AvgIpc) is 3.27. The molecule has 0 radical (unpaired) electrons. The predicted molar refractivity (Wildman–Crippen MR) is 108 cm³/mol. The van der Waals surface area contributed by atoms with Crippen LogP contribution in [0.15, 0.2) is 53.4 Å². The van der Waals surface area contributed by atoms with Crippen LogP contribution in [0, 0.1) is 5.92 Å². The zero-order valence-corrected chi connectivity index (χ0v) is 16.8. The molecule has 0 atom stereocenters. The van der Waals surface area contributed by atoms with Crippen LogP contribution < -0.4 is 20.3 Å². The van der Waals surface area contributed by atoms with Gasteiger partial charge in [-0.1, -0.05) is 18.9 Å². The highest BCUT2D eigenvalue weighted by Gasteiger charge is 2.23. The second-order valence-electron chi connectivity index (χ2n) is 6.79. The van der Waals surface area contributed by atoms with Crippen molar-refractivity contribution in [2.45, 2.75) is 30.6 Å². The first-order valence-electron chi connectivity index (χ1n) is 9.26. The van der Waals surface area contributed by atoms with Gasteiger partial charge in [-0.05, 0) is 55.3 Å². The number of rotatable bonds is 6. The van der Waals surface area contributed by atoms with Gasteiger partial charge in [-0.3, -0.25) is 25.2 Å². The molecule has 0 aliphatic heterocycles. The minimum atomic E-state index is -3.89. The number of benzene rings is 2. The maximum atomic E-state index is 12.6.